The van der Waals surface area contributed by atoms with E-state index >= 15 is 0 Å². The number of nitrogens with zero attached hydrogens (tertiary/aromatic N) is 1. The van der Waals surface area contributed by atoms with Crippen LogP contribution in [-0.2, 0) is 9.53 Å². The third-order valence-corrected chi connectivity index (χ3v) is 2.94. The topological polar surface area (TPSA) is 41.6 Å². The zero-order chi connectivity index (χ0) is 9.47. The lowest BCUT2D eigenvalue weighted by Gasteiger charge is -2.42. The molecule has 0 aliphatic carbocycles. The first kappa shape index (κ1) is 8.97. The van der Waals surface area contributed by atoms with Crippen LogP contribution in [-0.4, -0.2) is 50.7 Å². The van der Waals surface area contributed by atoms with Gasteiger partial charge in [-0.15, -0.1) is 0 Å². The fraction of sp³-hybridized carbons (Fsp3) is 0.889. The van der Waals surface area contributed by atoms with Crippen LogP contribution < -0.4 is 5.32 Å². The minimum Gasteiger partial charge on any atom is -0.460 e. The lowest BCUT2D eigenvalue weighted by atomic mass is 9.75. The number of nitrogens with one attached hydrogen (secondary N) is 1. The van der Waals surface area contributed by atoms with Crippen molar-refractivity contribution in [3.63, 3.8) is 0 Å². The summed E-state index contributed by atoms with van der Waals surface area (Å²) >= 11 is 0. The zero-order valence-corrected chi connectivity index (χ0v) is 8.17. The summed E-state index contributed by atoms with van der Waals surface area (Å²) in [6.45, 7) is 2.70. The molecule has 2 rings (SSSR count). The number of carbonyl (C=O) groups is 1. The zero-order valence-electron chi connectivity index (χ0n) is 8.17. The molecular weight excluding hydrogens is 168 g/mol. The lowest BCUT2D eigenvalue weighted by molar-refractivity contribution is -0.142. The molecular formula is C9H16N2O2. The number of cyclic esters (lactones) is 1. The highest BCUT2D eigenvalue weighted by Gasteiger charge is 2.52. The van der Waals surface area contributed by atoms with Crippen molar-refractivity contribution in [2.24, 2.45) is 5.41 Å². The number of rotatable bonds is 2. The molecule has 0 bridgehead atoms. The summed E-state index contributed by atoms with van der Waals surface area (Å²) in [5.41, 5.74) is 0.112. The van der Waals surface area contributed by atoms with Crippen molar-refractivity contribution in [2.75, 3.05) is 33.7 Å². The van der Waals surface area contributed by atoms with Gasteiger partial charge in [0.2, 0.25) is 0 Å². The SMILES string of the molecule is CN(C)CC1OC(=O)CC12CNC2. The van der Waals surface area contributed by atoms with Crippen LogP contribution >= 0.6 is 0 Å². The standard InChI is InChI=1S/C9H16N2O2/c1-11(2)4-7-9(5-10-6-9)3-8(12)13-7/h7,10H,3-6H2,1-2H3. The average Bonchev–Trinajstić information content (AvgIpc) is 2.24. The summed E-state index contributed by atoms with van der Waals surface area (Å²) in [7, 11) is 4.01. The monoisotopic (exact) mass is 184 g/mol. The van der Waals surface area contributed by atoms with Gasteiger partial charge in [-0.3, -0.25) is 4.79 Å². The molecule has 1 spiro atoms. The minimum absolute atomic E-state index is 0.0339. The predicted octanol–water partition coefficient (Wildman–Crippen LogP) is -0.547. The second-order valence-corrected chi connectivity index (χ2v) is 4.38. The summed E-state index contributed by atoms with van der Waals surface area (Å²) in [6.07, 6.45) is 0.689. The first-order valence-corrected chi connectivity index (χ1v) is 4.67. The van der Waals surface area contributed by atoms with E-state index in [2.05, 4.69) is 10.2 Å². The predicted molar refractivity (Wildman–Crippen MR) is 48.4 cm³/mol. The molecule has 1 atom stereocenters. The maximum absolute atomic E-state index is 11.2. The maximum Gasteiger partial charge on any atom is 0.306 e. The van der Waals surface area contributed by atoms with E-state index in [1.54, 1.807) is 0 Å². The number of hydrogen-bond donors (Lipinski definition) is 1. The Morgan fingerprint density at radius 2 is 2.31 bits per heavy atom. The number of hydrogen-bond acceptors (Lipinski definition) is 4. The van der Waals surface area contributed by atoms with Crippen molar-refractivity contribution >= 4 is 5.97 Å². The van der Waals surface area contributed by atoms with Gasteiger partial charge in [0.1, 0.15) is 6.10 Å². The maximum atomic E-state index is 11.2. The molecule has 1 N–H and O–H groups in total. The highest BCUT2D eigenvalue weighted by Crippen LogP contribution is 2.39. The van der Waals surface area contributed by atoms with Crippen LogP contribution in [0.4, 0.5) is 0 Å². The first-order chi connectivity index (χ1) is 6.12. The molecule has 4 nitrogen and oxygen atoms in total. The van der Waals surface area contributed by atoms with Gasteiger partial charge in [-0.2, -0.15) is 0 Å². The van der Waals surface area contributed by atoms with Gasteiger partial charge < -0.3 is 15.0 Å². The van der Waals surface area contributed by atoms with E-state index in [1.807, 2.05) is 14.1 Å². The molecule has 1 unspecified atom stereocenters. The largest absolute Gasteiger partial charge is 0.460 e. The van der Waals surface area contributed by atoms with E-state index in [0.29, 0.717) is 6.42 Å². The molecule has 2 aliphatic heterocycles. The molecule has 0 aromatic rings. The van der Waals surface area contributed by atoms with Gasteiger partial charge >= 0.3 is 5.97 Å². The van der Waals surface area contributed by atoms with Gasteiger partial charge in [0.15, 0.2) is 0 Å². The first-order valence-electron chi connectivity index (χ1n) is 4.67. The van der Waals surface area contributed by atoms with Crippen molar-refractivity contribution in [1.29, 1.82) is 0 Å². The van der Waals surface area contributed by atoms with Crippen LogP contribution in [0.5, 0.6) is 0 Å². The molecule has 0 aromatic carbocycles. The van der Waals surface area contributed by atoms with E-state index in [4.69, 9.17) is 4.74 Å². The van der Waals surface area contributed by atoms with Crippen LogP contribution in [0.1, 0.15) is 6.42 Å². The smallest absolute Gasteiger partial charge is 0.306 e. The van der Waals surface area contributed by atoms with Gasteiger partial charge in [0.05, 0.1) is 6.42 Å². The Labute approximate surface area is 78.2 Å². The van der Waals surface area contributed by atoms with Gasteiger partial charge in [0, 0.05) is 25.0 Å². The second kappa shape index (κ2) is 2.96. The molecule has 2 heterocycles. The molecule has 2 fully saturated rings. The molecule has 0 aromatic heterocycles. The Balaban J connectivity index is 2.04. The van der Waals surface area contributed by atoms with Gasteiger partial charge in [-0.1, -0.05) is 0 Å². The summed E-state index contributed by atoms with van der Waals surface area (Å²) in [4.78, 5) is 13.2. The Morgan fingerprint density at radius 1 is 1.62 bits per heavy atom. The third kappa shape index (κ3) is 1.44. The van der Waals surface area contributed by atoms with Crippen molar-refractivity contribution in [2.45, 2.75) is 12.5 Å². The fourth-order valence-corrected chi connectivity index (χ4v) is 2.09. The van der Waals surface area contributed by atoms with Crippen molar-refractivity contribution in [1.82, 2.24) is 10.2 Å². The Kier molecular flexibility index (Phi) is 2.04. The minimum atomic E-state index is -0.0339. The van der Waals surface area contributed by atoms with Crippen molar-refractivity contribution < 1.29 is 9.53 Å². The summed E-state index contributed by atoms with van der Waals surface area (Å²) < 4.78 is 5.31. The molecule has 4 heteroatoms. The highest BCUT2D eigenvalue weighted by molar-refractivity contribution is 5.73. The molecule has 0 radical (unpaired) electrons. The summed E-state index contributed by atoms with van der Waals surface area (Å²) in [5, 5.41) is 3.22. The molecule has 74 valence electrons. The van der Waals surface area contributed by atoms with Gasteiger partial charge in [-0.05, 0) is 14.1 Å². The van der Waals surface area contributed by atoms with E-state index in [9.17, 15) is 4.79 Å². The number of esters is 1. The van der Waals surface area contributed by atoms with Crippen molar-refractivity contribution in [3.05, 3.63) is 0 Å². The third-order valence-electron chi connectivity index (χ3n) is 2.94. The van der Waals surface area contributed by atoms with Crippen LogP contribution in [0.25, 0.3) is 0 Å². The highest BCUT2D eigenvalue weighted by atomic mass is 16.6. The molecule has 2 saturated heterocycles. The number of likely N-dealkylation sites (N-methyl/N-ethyl adjacent to an activating group) is 1. The normalized spacial score (nSPS) is 30.7. The van der Waals surface area contributed by atoms with Crippen LogP contribution in [0.15, 0.2) is 0 Å². The quantitative estimate of drug-likeness (QED) is 0.585. The van der Waals surface area contributed by atoms with Gasteiger partial charge in [-0.25, -0.2) is 0 Å². The van der Waals surface area contributed by atoms with Crippen LogP contribution in [0.3, 0.4) is 0 Å². The van der Waals surface area contributed by atoms with E-state index in [0.717, 1.165) is 19.6 Å². The number of ether oxygens (including phenoxy) is 1. The Bertz CT molecular complexity index is 224. The van der Waals surface area contributed by atoms with E-state index < -0.39 is 0 Å². The van der Waals surface area contributed by atoms with Crippen LogP contribution in [0.2, 0.25) is 0 Å². The van der Waals surface area contributed by atoms with E-state index in [-0.39, 0.29) is 17.5 Å². The lowest BCUT2D eigenvalue weighted by Crippen LogP contribution is -2.59. The van der Waals surface area contributed by atoms with Crippen molar-refractivity contribution in [3.8, 4) is 0 Å². The fourth-order valence-electron chi connectivity index (χ4n) is 2.09. The van der Waals surface area contributed by atoms with Crippen LogP contribution in [0, 0.1) is 5.41 Å². The molecule has 13 heavy (non-hydrogen) atoms. The molecule has 2 aliphatic rings. The summed E-state index contributed by atoms with van der Waals surface area (Å²) in [6, 6.07) is 0. The average molecular weight is 184 g/mol. The molecule has 0 amide bonds. The molecule has 0 saturated carbocycles. The van der Waals surface area contributed by atoms with Gasteiger partial charge in [0.25, 0.3) is 0 Å². The Hall–Kier alpha value is -0.610. The second-order valence-electron chi connectivity index (χ2n) is 4.38. The van der Waals surface area contributed by atoms with E-state index in [1.165, 1.54) is 0 Å². The number of carbonyl (C=O) groups excluding carboxylic acids is 1. The Morgan fingerprint density at radius 3 is 2.77 bits per heavy atom. The summed E-state index contributed by atoms with van der Waals surface area (Å²) in [5.74, 6) is -0.0339.